The number of hydrogen-bond donors (Lipinski definition) is 3. The molecule has 0 saturated carbocycles. The molecule has 0 radical (unpaired) electrons. The number of aliphatic hydroxyl groups excluding tert-OH is 1. The maximum atomic E-state index is 12.1. The average Bonchev–Trinajstić information content (AvgIpc) is 2.40. The lowest BCUT2D eigenvalue weighted by molar-refractivity contribution is 0.269. The van der Waals surface area contributed by atoms with E-state index in [1.165, 1.54) is 13.0 Å². The predicted octanol–water partition coefficient (Wildman–Crippen LogP) is 2.31. The van der Waals surface area contributed by atoms with Gasteiger partial charge in [0.05, 0.1) is 0 Å². The van der Waals surface area contributed by atoms with E-state index in [9.17, 15) is 15.0 Å². The van der Waals surface area contributed by atoms with E-state index in [0.29, 0.717) is 23.1 Å². The number of hydrogen-bond acceptors (Lipinski definition) is 5. The fraction of sp³-hybridized carbons (Fsp3) is 0.400. The molecule has 108 valence electrons. The summed E-state index contributed by atoms with van der Waals surface area (Å²) in [6, 6.07) is 1.46. The van der Waals surface area contributed by atoms with Crippen LogP contribution in [0.15, 0.2) is 15.3 Å². The van der Waals surface area contributed by atoms with Crippen LogP contribution >= 0.6 is 0 Å². The smallest absolute Gasteiger partial charge is 0.347 e. The third-order valence-electron chi connectivity index (χ3n) is 3.72. The molecule has 0 aliphatic heterocycles. The number of aliphatic hydroxyl groups is 1. The molecule has 0 spiro atoms. The molecule has 0 unspecified atom stereocenters. The van der Waals surface area contributed by atoms with Gasteiger partial charge in [-0.05, 0) is 31.9 Å². The Balaban J connectivity index is 2.83. The highest BCUT2D eigenvalue weighted by molar-refractivity contribution is 5.92. The zero-order valence-electron chi connectivity index (χ0n) is 11.7. The van der Waals surface area contributed by atoms with E-state index in [1.54, 1.807) is 6.92 Å². The normalized spacial score (nSPS) is 12.8. The summed E-state index contributed by atoms with van der Waals surface area (Å²) in [5.41, 5.74) is 0.303. The molecule has 0 amide bonds. The van der Waals surface area contributed by atoms with Crippen molar-refractivity contribution in [2.24, 2.45) is 0 Å². The van der Waals surface area contributed by atoms with E-state index >= 15 is 0 Å². The topological polar surface area (TPSA) is 90.9 Å². The monoisotopic (exact) mass is 278 g/mol. The fourth-order valence-corrected chi connectivity index (χ4v) is 2.41. The predicted molar refractivity (Wildman–Crippen MR) is 75.4 cm³/mol. The molecule has 20 heavy (non-hydrogen) atoms. The summed E-state index contributed by atoms with van der Waals surface area (Å²) >= 11 is 0. The van der Waals surface area contributed by atoms with Crippen molar-refractivity contribution in [1.82, 2.24) is 0 Å². The highest BCUT2D eigenvalue weighted by Gasteiger charge is 2.20. The summed E-state index contributed by atoms with van der Waals surface area (Å²) < 4.78 is 5.30. The van der Waals surface area contributed by atoms with Crippen molar-refractivity contribution in [1.29, 1.82) is 0 Å². The van der Waals surface area contributed by atoms with Crippen LogP contribution in [0.25, 0.3) is 10.8 Å². The van der Waals surface area contributed by atoms with E-state index in [4.69, 9.17) is 9.52 Å². The molecular formula is C15H18O5. The summed E-state index contributed by atoms with van der Waals surface area (Å²) in [5.74, 6) is 0.0320. The van der Waals surface area contributed by atoms with Gasteiger partial charge in [-0.1, -0.05) is 6.92 Å². The largest absolute Gasteiger partial charge is 0.508 e. The number of aryl methyl sites for hydroxylation is 1. The molecule has 5 nitrogen and oxygen atoms in total. The fourth-order valence-electron chi connectivity index (χ4n) is 2.41. The Hall–Kier alpha value is -2.01. The van der Waals surface area contributed by atoms with Crippen LogP contribution in [0.5, 0.6) is 11.5 Å². The van der Waals surface area contributed by atoms with Crippen molar-refractivity contribution < 1.29 is 19.7 Å². The third kappa shape index (κ3) is 2.14. The molecule has 1 atom stereocenters. The minimum Gasteiger partial charge on any atom is -0.508 e. The highest BCUT2D eigenvalue weighted by atomic mass is 16.4. The summed E-state index contributed by atoms with van der Waals surface area (Å²) in [7, 11) is 0. The quantitative estimate of drug-likeness (QED) is 0.801. The van der Waals surface area contributed by atoms with Gasteiger partial charge in [-0.2, -0.15) is 0 Å². The Bertz CT molecular complexity index is 715. The maximum Gasteiger partial charge on any atom is 0.347 e. The first-order chi connectivity index (χ1) is 9.38. The first-order valence-corrected chi connectivity index (χ1v) is 6.48. The average molecular weight is 278 g/mol. The van der Waals surface area contributed by atoms with Gasteiger partial charge < -0.3 is 19.7 Å². The molecule has 0 aliphatic rings. The lowest BCUT2D eigenvalue weighted by Gasteiger charge is -2.15. The van der Waals surface area contributed by atoms with Crippen molar-refractivity contribution in [2.75, 3.05) is 6.61 Å². The van der Waals surface area contributed by atoms with Gasteiger partial charge in [0, 0.05) is 23.5 Å². The van der Waals surface area contributed by atoms with E-state index in [0.717, 1.165) is 0 Å². The molecule has 2 aromatic rings. The van der Waals surface area contributed by atoms with Crippen LogP contribution in [0.2, 0.25) is 0 Å². The van der Waals surface area contributed by atoms with Gasteiger partial charge >= 0.3 is 5.63 Å². The number of aromatic hydroxyl groups is 2. The van der Waals surface area contributed by atoms with Crippen molar-refractivity contribution in [3.05, 3.63) is 33.4 Å². The summed E-state index contributed by atoms with van der Waals surface area (Å²) in [5, 5.41) is 29.4. The molecule has 0 fully saturated rings. The van der Waals surface area contributed by atoms with Crippen LogP contribution in [-0.2, 0) is 0 Å². The first kappa shape index (κ1) is 14.4. The molecule has 0 bridgehead atoms. The van der Waals surface area contributed by atoms with E-state index in [1.807, 2.05) is 6.92 Å². The van der Waals surface area contributed by atoms with Gasteiger partial charge in [-0.15, -0.1) is 0 Å². The van der Waals surface area contributed by atoms with Crippen LogP contribution < -0.4 is 5.63 Å². The molecule has 1 aromatic carbocycles. The van der Waals surface area contributed by atoms with Crippen LogP contribution in [0.4, 0.5) is 0 Å². The summed E-state index contributed by atoms with van der Waals surface area (Å²) in [6.45, 7) is 5.14. The SMILES string of the molecule is Cc1c(O)cc2c(C)c([C@H](C)CCO)oc(=O)c2c1O. The van der Waals surface area contributed by atoms with Crippen LogP contribution in [0.1, 0.15) is 36.1 Å². The van der Waals surface area contributed by atoms with Gasteiger partial charge in [0.15, 0.2) is 0 Å². The van der Waals surface area contributed by atoms with Gasteiger partial charge in [-0.3, -0.25) is 0 Å². The van der Waals surface area contributed by atoms with Crippen LogP contribution in [-0.4, -0.2) is 21.9 Å². The second-order valence-corrected chi connectivity index (χ2v) is 5.08. The van der Waals surface area contributed by atoms with E-state index in [-0.39, 0.29) is 35.0 Å². The second-order valence-electron chi connectivity index (χ2n) is 5.08. The molecule has 2 rings (SSSR count). The maximum absolute atomic E-state index is 12.1. The molecule has 0 saturated heterocycles. The molecule has 0 aliphatic carbocycles. The number of phenolic OH excluding ortho intramolecular Hbond substituents is 2. The lowest BCUT2D eigenvalue weighted by Crippen LogP contribution is -2.09. The van der Waals surface area contributed by atoms with Gasteiger partial charge in [-0.25, -0.2) is 4.79 Å². The Kier molecular flexibility index (Phi) is 3.72. The van der Waals surface area contributed by atoms with E-state index in [2.05, 4.69) is 0 Å². The minimum atomic E-state index is -0.633. The van der Waals surface area contributed by atoms with Gasteiger partial charge in [0.1, 0.15) is 22.6 Å². The zero-order chi connectivity index (χ0) is 15.0. The summed E-state index contributed by atoms with van der Waals surface area (Å²) in [6.07, 6.45) is 0.471. The van der Waals surface area contributed by atoms with Crippen LogP contribution in [0, 0.1) is 13.8 Å². The van der Waals surface area contributed by atoms with Gasteiger partial charge in [0.2, 0.25) is 0 Å². The molecule has 5 heteroatoms. The standard InChI is InChI=1S/C15H18O5/c1-7(4-5-16)14-8(2)10-6-11(17)9(3)13(18)12(10)15(19)20-14/h6-7,16-18H,4-5H2,1-3H3/t7-/m1/s1. The number of rotatable bonds is 3. The Morgan fingerprint density at radius 1 is 1.25 bits per heavy atom. The lowest BCUT2D eigenvalue weighted by atomic mass is 9.96. The number of fused-ring (bicyclic) bond motifs is 1. The molecule has 3 N–H and O–H groups in total. The van der Waals surface area contributed by atoms with Crippen molar-refractivity contribution >= 4 is 10.8 Å². The highest BCUT2D eigenvalue weighted by Crippen LogP contribution is 2.36. The summed E-state index contributed by atoms with van der Waals surface area (Å²) in [4.78, 5) is 12.1. The van der Waals surface area contributed by atoms with E-state index < -0.39 is 5.63 Å². The first-order valence-electron chi connectivity index (χ1n) is 6.48. The second kappa shape index (κ2) is 5.17. The van der Waals surface area contributed by atoms with Crippen molar-refractivity contribution in [3.63, 3.8) is 0 Å². The Morgan fingerprint density at radius 2 is 1.90 bits per heavy atom. The number of benzene rings is 1. The van der Waals surface area contributed by atoms with Gasteiger partial charge in [0.25, 0.3) is 0 Å². The van der Waals surface area contributed by atoms with Crippen molar-refractivity contribution in [3.8, 4) is 11.5 Å². The molecule has 1 aromatic heterocycles. The number of phenols is 2. The Labute approximate surface area is 116 Å². The third-order valence-corrected chi connectivity index (χ3v) is 3.72. The van der Waals surface area contributed by atoms with Crippen molar-refractivity contribution in [2.45, 2.75) is 33.1 Å². The van der Waals surface area contributed by atoms with Crippen LogP contribution in [0.3, 0.4) is 0 Å². The zero-order valence-corrected chi connectivity index (χ0v) is 11.7. The molecule has 1 heterocycles. The minimum absolute atomic E-state index is 0.00719. The Morgan fingerprint density at radius 3 is 2.50 bits per heavy atom. The molecular weight excluding hydrogens is 260 g/mol.